The number of amides is 2. The molecule has 0 aliphatic carbocycles. The van der Waals surface area contributed by atoms with Gasteiger partial charge in [0.1, 0.15) is 23.8 Å². The number of aliphatic hydroxyl groups excluding tert-OH is 1. The number of likely N-dealkylation sites (N-methyl/N-ethyl adjacent to an activating group) is 1. The summed E-state index contributed by atoms with van der Waals surface area (Å²) in [5.41, 5.74) is -1.30. The highest BCUT2D eigenvalue weighted by atomic mass is 32.2. The lowest BCUT2D eigenvalue weighted by Crippen LogP contribution is -2.61. The molecule has 348 valence electrons. The Kier molecular flexibility index (Phi) is 18.3. The number of pyridine rings is 1. The molecule has 3 aliphatic rings. The number of aryl methyl sites for hydroxylation is 1. The number of ether oxygens (including phenoxy) is 5. The number of nitrogens with zero attached hydrogens (tertiary/aromatic N) is 6. The molecule has 2 aromatic heterocycles. The van der Waals surface area contributed by atoms with Crippen molar-refractivity contribution in [1.82, 2.24) is 35.1 Å². The topological polar surface area (TPSA) is 197 Å². The van der Waals surface area contributed by atoms with Crippen LogP contribution < -0.4 is 5.32 Å². The molecular weight excluding hydrogens is 826 g/mol. The number of halogens is 1. The number of hydrogen-bond acceptors (Lipinski definition) is 15. The van der Waals surface area contributed by atoms with Gasteiger partial charge < -0.3 is 39.0 Å². The summed E-state index contributed by atoms with van der Waals surface area (Å²) in [6, 6.07) is 3.88. The molecular formula is C43H68FN7O10S. The smallest absolute Gasteiger partial charge is 0.410 e. The Morgan fingerprint density at radius 1 is 1.06 bits per heavy atom. The first-order valence-electron chi connectivity index (χ1n) is 21.5. The highest BCUT2D eigenvalue weighted by molar-refractivity contribution is 7.93. The Labute approximate surface area is 369 Å². The number of carbonyl (C=O) groups is 4. The second-order valence-electron chi connectivity index (χ2n) is 17.4. The number of rotatable bonds is 11. The van der Waals surface area contributed by atoms with Crippen molar-refractivity contribution in [2.75, 3.05) is 34.0 Å². The molecule has 13 atom stereocenters. The third-order valence-corrected chi connectivity index (χ3v) is 12.5. The van der Waals surface area contributed by atoms with Crippen LogP contribution in [0, 0.1) is 17.8 Å². The van der Waals surface area contributed by atoms with Crippen LogP contribution in [0.15, 0.2) is 30.6 Å². The number of esters is 1. The Hall–Kier alpha value is -3.75. The molecule has 3 saturated heterocycles. The van der Waals surface area contributed by atoms with Crippen LogP contribution >= 0.6 is 12.1 Å². The molecule has 0 aromatic carbocycles. The van der Waals surface area contributed by atoms with Gasteiger partial charge >= 0.3 is 12.1 Å². The quantitative estimate of drug-likeness (QED) is 0.176. The number of methoxy groups -OCH3 is 1. The van der Waals surface area contributed by atoms with Crippen molar-refractivity contribution >= 4 is 35.9 Å². The molecule has 0 radical (unpaired) electrons. The monoisotopic (exact) mass is 893 g/mol. The van der Waals surface area contributed by atoms with Crippen molar-refractivity contribution in [1.29, 1.82) is 0 Å². The van der Waals surface area contributed by atoms with Gasteiger partial charge in [-0.3, -0.25) is 28.9 Å². The first-order valence-corrected chi connectivity index (χ1v) is 22.6. The molecule has 5 heterocycles. The number of cyclic esters (lactones) is 1. The molecule has 2 amide bonds. The standard InChI is InChI=1S/C42H65N7O10.CH3FS/c1-12-32-42(8)35(49(40(54)59-42)20-16-15-19-48-23-30(45-46-48)29-17-13-14-18-43-29)28(6)44-37(52)24(2)22-41(7,55-11)36(26(4)33(50)27(5)38(53)57-32)58-39-34(51)31(47(9)10)21-25(3)56-39;1-3-2/h13-14,17-18,23-28,31-32,34-36,39,51H,12,15-16,19-22H2,1-11H3,(H,44,52);1H3/t24-,25?,26+,27-,28-,31?,32-,34?,35-,36-,39+,41-,42-;/m1./s1. The first kappa shape index (κ1) is 50.9. The van der Waals surface area contributed by atoms with E-state index in [0.29, 0.717) is 37.2 Å². The lowest BCUT2D eigenvalue weighted by molar-refractivity contribution is -0.295. The predicted molar refractivity (Wildman–Crippen MR) is 230 cm³/mol. The van der Waals surface area contributed by atoms with Gasteiger partial charge in [-0.25, -0.2) is 4.79 Å². The normalized spacial score (nSPS) is 34.9. The fourth-order valence-corrected chi connectivity index (χ4v) is 9.14. The van der Waals surface area contributed by atoms with Crippen molar-refractivity contribution in [2.24, 2.45) is 17.8 Å². The average Bonchev–Trinajstić information content (AvgIpc) is 3.82. The largest absolute Gasteiger partial charge is 0.458 e. The summed E-state index contributed by atoms with van der Waals surface area (Å²) in [6.45, 7) is 14.7. The van der Waals surface area contributed by atoms with Gasteiger partial charge in [-0.2, -0.15) is 3.89 Å². The minimum absolute atomic E-state index is 0.0989. The number of nitrogens with one attached hydrogen (secondary N) is 1. The van der Waals surface area contributed by atoms with Crippen molar-refractivity contribution in [3.63, 3.8) is 0 Å². The molecule has 19 heteroatoms. The van der Waals surface area contributed by atoms with E-state index in [1.807, 2.05) is 64.2 Å². The Morgan fingerprint density at radius 3 is 2.35 bits per heavy atom. The van der Waals surface area contributed by atoms with Crippen LogP contribution in [0.4, 0.5) is 8.68 Å². The first-order chi connectivity index (χ1) is 29.3. The third kappa shape index (κ3) is 11.7. The van der Waals surface area contributed by atoms with E-state index in [-0.39, 0.29) is 49.6 Å². The summed E-state index contributed by atoms with van der Waals surface area (Å²) in [5.74, 6) is -4.49. The van der Waals surface area contributed by atoms with Crippen LogP contribution in [0.2, 0.25) is 0 Å². The minimum Gasteiger partial charge on any atom is -0.458 e. The van der Waals surface area contributed by atoms with E-state index in [9.17, 15) is 28.2 Å². The number of hydrogen-bond donors (Lipinski definition) is 2. The molecule has 2 aromatic rings. The molecule has 3 fully saturated rings. The molecule has 0 spiro atoms. The van der Waals surface area contributed by atoms with Crippen molar-refractivity contribution in [3.8, 4) is 11.4 Å². The number of unbranched alkanes of at least 4 members (excludes halogenated alkanes) is 1. The van der Waals surface area contributed by atoms with E-state index in [2.05, 4.69) is 20.6 Å². The maximum atomic E-state index is 14.4. The second kappa shape index (κ2) is 22.2. The van der Waals surface area contributed by atoms with Gasteiger partial charge in [-0.1, -0.05) is 32.1 Å². The number of carbonyl (C=O) groups excluding carboxylic acids is 4. The number of Topliss-reactive ketones (excluding diaryl/α,β-unsaturated/α-hetero) is 1. The zero-order chi connectivity index (χ0) is 46.1. The SMILES string of the molecule is CC[C@H]1OC(=O)[C@H](C)C(=O)[C@H](C)[C@@H](O[C@@H]2OC(C)CC(N(C)C)C2O)[C@](C)(OC)C[C@@H](C)C(=O)N[C@H](C)[C@H]2N(CCCCn3cc(-c4ccccn4)nn3)C(=O)O[C@]12C.CSF. The van der Waals surface area contributed by atoms with Gasteiger partial charge in [-0.15, -0.1) is 5.10 Å². The molecule has 3 aliphatic heterocycles. The van der Waals surface area contributed by atoms with Crippen LogP contribution in [-0.2, 0) is 44.6 Å². The van der Waals surface area contributed by atoms with E-state index in [1.54, 1.807) is 43.5 Å². The molecule has 5 rings (SSSR count). The molecule has 0 saturated carbocycles. The van der Waals surface area contributed by atoms with Gasteiger partial charge in [0, 0.05) is 62.7 Å². The lowest BCUT2D eigenvalue weighted by Gasteiger charge is -2.46. The van der Waals surface area contributed by atoms with Crippen molar-refractivity contribution in [2.45, 2.75) is 154 Å². The Morgan fingerprint density at radius 2 is 1.74 bits per heavy atom. The van der Waals surface area contributed by atoms with Crippen LogP contribution in [0.3, 0.4) is 0 Å². The lowest BCUT2D eigenvalue weighted by atomic mass is 9.78. The van der Waals surface area contributed by atoms with Crippen LogP contribution in [0.5, 0.6) is 0 Å². The van der Waals surface area contributed by atoms with Crippen molar-refractivity contribution < 1.29 is 51.9 Å². The summed E-state index contributed by atoms with van der Waals surface area (Å²) in [7, 11) is 5.21. The van der Waals surface area contributed by atoms with Gasteiger partial charge in [0.05, 0.1) is 41.8 Å². The average molecular weight is 894 g/mol. The molecule has 62 heavy (non-hydrogen) atoms. The van der Waals surface area contributed by atoms with Gasteiger partial charge in [0.15, 0.2) is 17.7 Å². The van der Waals surface area contributed by atoms with E-state index < -0.39 is 83.5 Å². The number of aromatic nitrogens is 4. The summed E-state index contributed by atoms with van der Waals surface area (Å²) in [6.07, 6.45) is 1.96. The maximum Gasteiger partial charge on any atom is 0.410 e. The van der Waals surface area contributed by atoms with Gasteiger partial charge in [-0.05, 0) is 93.0 Å². The minimum atomic E-state index is -1.39. The van der Waals surface area contributed by atoms with Crippen LogP contribution in [0.25, 0.3) is 11.4 Å². The van der Waals surface area contributed by atoms with Crippen LogP contribution in [0.1, 0.15) is 87.5 Å². The molecule has 3 unspecified atom stereocenters. The summed E-state index contributed by atoms with van der Waals surface area (Å²) in [5, 5.41) is 23.0. The Bertz CT molecular complexity index is 1800. The third-order valence-electron chi connectivity index (χ3n) is 12.5. The zero-order valence-corrected chi connectivity index (χ0v) is 39.1. The highest BCUT2D eigenvalue weighted by Crippen LogP contribution is 2.40. The molecule has 17 nitrogen and oxygen atoms in total. The molecule has 0 bridgehead atoms. The Balaban J connectivity index is 0.00000273. The van der Waals surface area contributed by atoms with Crippen molar-refractivity contribution in [3.05, 3.63) is 30.6 Å². The predicted octanol–water partition coefficient (Wildman–Crippen LogP) is 4.86. The van der Waals surface area contributed by atoms with E-state index in [0.717, 1.165) is 0 Å². The summed E-state index contributed by atoms with van der Waals surface area (Å²) >= 11 is 0.250. The number of aliphatic hydroxyl groups is 1. The number of ketones is 1. The van der Waals surface area contributed by atoms with E-state index in [1.165, 1.54) is 20.3 Å². The van der Waals surface area contributed by atoms with Gasteiger partial charge in [0.25, 0.3) is 0 Å². The fraction of sp³-hybridized carbons (Fsp3) is 0.744. The van der Waals surface area contributed by atoms with Gasteiger partial charge in [0.2, 0.25) is 5.91 Å². The zero-order valence-electron chi connectivity index (χ0n) is 38.3. The van der Waals surface area contributed by atoms with Crippen LogP contribution in [-0.4, -0.2) is 153 Å². The molecule has 2 N–H and O–H groups in total. The second-order valence-corrected chi connectivity index (χ2v) is 17.7. The fourth-order valence-electron chi connectivity index (χ4n) is 9.14. The van der Waals surface area contributed by atoms with E-state index >= 15 is 0 Å². The number of fused-ring (bicyclic) bond motifs is 1. The maximum absolute atomic E-state index is 14.4. The summed E-state index contributed by atoms with van der Waals surface area (Å²) in [4.78, 5) is 64.2. The summed E-state index contributed by atoms with van der Waals surface area (Å²) < 4.78 is 43.1. The highest BCUT2D eigenvalue weighted by Gasteiger charge is 2.59. The van der Waals surface area contributed by atoms with E-state index in [4.69, 9.17) is 23.7 Å².